The van der Waals surface area contributed by atoms with Gasteiger partial charge in [-0.2, -0.15) is 0 Å². The number of fused-ring (bicyclic) bond motifs is 8. The molecular formula is C33H55NO7. The van der Waals surface area contributed by atoms with Gasteiger partial charge in [0.1, 0.15) is 24.4 Å². The number of ether oxygens (including phenoxy) is 2. The number of hydrogen-bond acceptors (Lipinski definition) is 8. The summed E-state index contributed by atoms with van der Waals surface area (Å²) in [7, 11) is 0. The fraction of sp³-hybridized carbons (Fsp3) is 1.00. The molecule has 18 atom stereocenters. The molecule has 3 saturated heterocycles. The lowest BCUT2D eigenvalue weighted by atomic mass is 9.51. The van der Waals surface area contributed by atoms with Gasteiger partial charge in [0.15, 0.2) is 6.29 Å². The Morgan fingerprint density at radius 1 is 0.780 bits per heavy atom. The molecule has 0 bridgehead atoms. The minimum absolute atomic E-state index is 0.0763. The van der Waals surface area contributed by atoms with Gasteiger partial charge in [-0.25, -0.2) is 0 Å². The van der Waals surface area contributed by atoms with Crippen LogP contribution in [0.5, 0.6) is 0 Å². The average molecular weight is 578 g/mol. The van der Waals surface area contributed by atoms with Crippen LogP contribution in [-0.2, 0) is 9.47 Å². The van der Waals surface area contributed by atoms with E-state index in [-0.39, 0.29) is 23.5 Å². The van der Waals surface area contributed by atoms with Gasteiger partial charge >= 0.3 is 0 Å². The summed E-state index contributed by atoms with van der Waals surface area (Å²) in [5.74, 6) is 6.23. The fourth-order valence-corrected chi connectivity index (χ4v) is 12.1. The third kappa shape index (κ3) is 4.68. The van der Waals surface area contributed by atoms with Gasteiger partial charge in [-0.3, -0.25) is 4.90 Å². The van der Waals surface area contributed by atoms with E-state index in [1.165, 1.54) is 45.2 Å². The van der Waals surface area contributed by atoms with E-state index in [2.05, 4.69) is 25.7 Å². The number of aliphatic hydroxyl groups excluding tert-OH is 5. The van der Waals surface area contributed by atoms with Gasteiger partial charge in [0.2, 0.25) is 0 Å². The van der Waals surface area contributed by atoms with E-state index in [0.29, 0.717) is 18.3 Å². The number of nitrogens with zero attached hydrogens (tertiary/aromatic N) is 1. The van der Waals surface area contributed by atoms with Crippen molar-refractivity contribution in [3.8, 4) is 0 Å². The summed E-state index contributed by atoms with van der Waals surface area (Å²) < 4.78 is 11.9. The van der Waals surface area contributed by atoms with E-state index in [4.69, 9.17) is 9.47 Å². The standard InChI is InChI=1S/C33H55NO7/c1-16-4-7-26-17(2)19-5-6-20-21(23(19)14-34(26)13-16)11-24-22(20)12-27(36)25-10-18(8-9-33(24,25)3)40-32-31(39)30(38)29(37)28(15-35)41-32/h16-32,35-39H,4-15H2,1-3H3/t16-,17+,18-,19-,20+,21+,22-,23+,24-,25+,26-,27+,28+,29+,30-,31+,32+,33+/m0/s1. The molecule has 4 saturated carbocycles. The van der Waals surface area contributed by atoms with Crippen molar-refractivity contribution < 1.29 is 35.0 Å². The summed E-state index contributed by atoms with van der Waals surface area (Å²) in [4.78, 5) is 2.88. The predicted octanol–water partition coefficient (Wildman–Crippen LogP) is 2.39. The van der Waals surface area contributed by atoms with Gasteiger partial charge < -0.3 is 35.0 Å². The highest BCUT2D eigenvalue weighted by Gasteiger charge is 2.63. The van der Waals surface area contributed by atoms with Crippen molar-refractivity contribution in [2.24, 2.45) is 58.7 Å². The topological polar surface area (TPSA) is 123 Å². The summed E-state index contributed by atoms with van der Waals surface area (Å²) >= 11 is 0. The molecule has 7 rings (SSSR count). The molecule has 4 aliphatic carbocycles. The molecule has 0 radical (unpaired) electrons. The third-order valence-corrected chi connectivity index (χ3v) is 14.1. The van der Waals surface area contributed by atoms with Crippen LogP contribution in [0.15, 0.2) is 0 Å². The summed E-state index contributed by atoms with van der Waals surface area (Å²) in [6.45, 7) is 9.55. The zero-order valence-electron chi connectivity index (χ0n) is 25.3. The molecule has 8 heteroatoms. The first-order valence-corrected chi connectivity index (χ1v) is 17.0. The Bertz CT molecular complexity index is 949. The molecule has 5 N–H and O–H groups in total. The van der Waals surface area contributed by atoms with Crippen molar-refractivity contribution in [3.63, 3.8) is 0 Å². The van der Waals surface area contributed by atoms with Gasteiger partial charge in [0.05, 0.1) is 18.8 Å². The van der Waals surface area contributed by atoms with Crippen LogP contribution < -0.4 is 0 Å². The van der Waals surface area contributed by atoms with Gasteiger partial charge in [0.25, 0.3) is 0 Å². The van der Waals surface area contributed by atoms with Crippen molar-refractivity contribution in [3.05, 3.63) is 0 Å². The zero-order valence-corrected chi connectivity index (χ0v) is 25.3. The molecule has 0 aromatic heterocycles. The Hall–Kier alpha value is -0.320. The number of hydrogen-bond donors (Lipinski definition) is 5. The molecular weight excluding hydrogens is 522 g/mol. The lowest BCUT2D eigenvalue weighted by molar-refractivity contribution is -0.317. The van der Waals surface area contributed by atoms with E-state index < -0.39 is 37.3 Å². The molecule has 41 heavy (non-hydrogen) atoms. The Labute approximate surface area is 245 Å². The number of aliphatic hydroxyl groups is 5. The highest BCUT2D eigenvalue weighted by Crippen LogP contribution is 2.67. The van der Waals surface area contributed by atoms with Crippen LogP contribution in [-0.4, -0.2) is 99.1 Å². The fourth-order valence-electron chi connectivity index (χ4n) is 12.1. The van der Waals surface area contributed by atoms with Crippen molar-refractivity contribution in [1.82, 2.24) is 4.90 Å². The summed E-state index contributed by atoms with van der Waals surface area (Å²) in [6, 6.07) is 0.787. The lowest BCUT2D eigenvalue weighted by Gasteiger charge is -2.57. The molecule has 8 nitrogen and oxygen atoms in total. The molecule has 234 valence electrons. The molecule has 0 amide bonds. The SMILES string of the molecule is C[C@H]1CC[C@H]2[C@H](C)[C@@H]3CC[C@@H]4[C@@H](C[C@H]5[C@H]4C[C@@H](O)[C@H]4C[C@@H](O[C@@H]6O[C@H](CO)[C@@H](O)[C@H](O)[C@H]6O)CC[C@@]45C)[C@@H]3CN2C1. The maximum absolute atomic E-state index is 11.6. The van der Waals surface area contributed by atoms with E-state index >= 15 is 0 Å². The quantitative estimate of drug-likeness (QED) is 0.324. The summed E-state index contributed by atoms with van der Waals surface area (Å²) in [5.41, 5.74) is 0.0763. The van der Waals surface area contributed by atoms with Crippen LogP contribution in [0.2, 0.25) is 0 Å². The molecule has 0 aromatic carbocycles. The molecule has 7 fully saturated rings. The first kappa shape index (κ1) is 29.4. The minimum atomic E-state index is -1.43. The van der Waals surface area contributed by atoms with Crippen LogP contribution in [0.25, 0.3) is 0 Å². The molecule has 0 aromatic rings. The van der Waals surface area contributed by atoms with Crippen LogP contribution >= 0.6 is 0 Å². The number of piperidine rings is 2. The first-order chi connectivity index (χ1) is 19.6. The third-order valence-electron chi connectivity index (χ3n) is 14.1. The van der Waals surface area contributed by atoms with Gasteiger partial charge in [-0.15, -0.1) is 0 Å². The van der Waals surface area contributed by atoms with Crippen LogP contribution in [0, 0.1) is 58.7 Å². The van der Waals surface area contributed by atoms with Crippen molar-refractivity contribution in [1.29, 1.82) is 0 Å². The van der Waals surface area contributed by atoms with Crippen molar-refractivity contribution >= 4 is 0 Å². The molecule has 7 aliphatic rings. The monoisotopic (exact) mass is 577 g/mol. The van der Waals surface area contributed by atoms with Gasteiger partial charge in [-0.1, -0.05) is 20.8 Å². The second kappa shape index (κ2) is 10.9. The highest BCUT2D eigenvalue weighted by atomic mass is 16.7. The molecule has 3 heterocycles. The van der Waals surface area contributed by atoms with Crippen molar-refractivity contribution in [2.45, 2.75) is 128 Å². The number of rotatable bonds is 3. The van der Waals surface area contributed by atoms with Gasteiger partial charge in [-0.05, 0) is 116 Å². The molecule has 0 spiro atoms. The summed E-state index contributed by atoms with van der Waals surface area (Å²) in [5, 5.41) is 52.1. The van der Waals surface area contributed by atoms with E-state index in [0.717, 1.165) is 60.8 Å². The Morgan fingerprint density at radius 3 is 2.34 bits per heavy atom. The Kier molecular flexibility index (Phi) is 7.84. The molecule has 3 aliphatic heterocycles. The average Bonchev–Trinajstić information content (AvgIpc) is 3.34. The smallest absolute Gasteiger partial charge is 0.186 e. The van der Waals surface area contributed by atoms with Crippen LogP contribution in [0.1, 0.15) is 78.6 Å². The maximum atomic E-state index is 11.6. The van der Waals surface area contributed by atoms with E-state index in [1.54, 1.807) is 0 Å². The molecule has 0 unspecified atom stereocenters. The maximum Gasteiger partial charge on any atom is 0.186 e. The largest absolute Gasteiger partial charge is 0.394 e. The highest BCUT2D eigenvalue weighted by molar-refractivity contribution is 5.12. The Morgan fingerprint density at radius 2 is 1.56 bits per heavy atom. The van der Waals surface area contributed by atoms with Crippen LogP contribution in [0.3, 0.4) is 0 Å². The van der Waals surface area contributed by atoms with Crippen LogP contribution in [0.4, 0.5) is 0 Å². The van der Waals surface area contributed by atoms with Crippen molar-refractivity contribution in [2.75, 3.05) is 19.7 Å². The van der Waals surface area contributed by atoms with Gasteiger partial charge in [0, 0.05) is 19.1 Å². The van der Waals surface area contributed by atoms with E-state index in [9.17, 15) is 25.5 Å². The second-order valence-corrected chi connectivity index (χ2v) is 15.9. The summed E-state index contributed by atoms with van der Waals surface area (Å²) in [6.07, 6.45) is 3.39. The Balaban J connectivity index is 1.06. The van der Waals surface area contributed by atoms with E-state index in [1.807, 2.05) is 0 Å². The minimum Gasteiger partial charge on any atom is -0.394 e. The predicted molar refractivity (Wildman–Crippen MR) is 152 cm³/mol. The first-order valence-electron chi connectivity index (χ1n) is 17.0. The normalized spacial score (nSPS) is 59.0. The zero-order chi connectivity index (χ0) is 28.8. The second-order valence-electron chi connectivity index (χ2n) is 15.9. The lowest BCUT2D eigenvalue weighted by Crippen LogP contribution is -2.60.